The first-order chi connectivity index (χ1) is 9.92. The van der Waals surface area contributed by atoms with Crippen molar-refractivity contribution in [3.8, 4) is 0 Å². The van der Waals surface area contributed by atoms with Gasteiger partial charge >= 0.3 is 0 Å². The Labute approximate surface area is 128 Å². The van der Waals surface area contributed by atoms with Gasteiger partial charge in [0.15, 0.2) is 5.13 Å². The summed E-state index contributed by atoms with van der Waals surface area (Å²) in [4.78, 5) is 19.0. The van der Waals surface area contributed by atoms with Gasteiger partial charge in [0.25, 0.3) is 5.91 Å². The minimum Gasteiger partial charge on any atom is -0.396 e. The van der Waals surface area contributed by atoms with E-state index in [9.17, 15) is 4.79 Å². The van der Waals surface area contributed by atoms with Crippen LogP contribution in [0.25, 0.3) is 0 Å². The monoisotopic (exact) mass is 313 g/mol. The van der Waals surface area contributed by atoms with Gasteiger partial charge in [-0.05, 0) is 19.3 Å². The molecule has 0 radical (unpaired) electrons. The van der Waals surface area contributed by atoms with E-state index in [1.54, 1.807) is 0 Å². The van der Waals surface area contributed by atoms with Crippen molar-refractivity contribution in [3.63, 3.8) is 0 Å². The van der Waals surface area contributed by atoms with E-state index in [1.807, 2.05) is 13.8 Å². The molecule has 2 heterocycles. The third-order valence-electron chi connectivity index (χ3n) is 3.84. The normalized spacial score (nSPS) is 21.3. The molecule has 1 aliphatic heterocycles. The third-order valence-corrected chi connectivity index (χ3v) is 4.97. The van der Waals surface area contributed by atoms with Crippen LogP contribution in [0.1, 0.15) is 29.9 Å². The van der Waals surface area contributed by atoms with Crippen LogP contribution in [0.15, 0.2) is 0 Å². The van der Waals surface area contributed by atoms with Crippen LogP contribution in [0, 0.1) is 5.92 Å². The van der Waals surface area contributed by atoms with Crippen molar-refractivity contribution in [1.29, 1.82) is 0 Å². The minimum absolute atomic E-state index is 0.0147. The highest BCUT2D eigenvalue weighted by Gasteiger charge is 2.25. The Morgan fingerprint density at radius 3 is 2.90 bits per heavy atom. The molecule has 1 aliphatic rings. The number of aliphatic hydroxyl groups excluding tert-OH is 1. The first-order valence-electron chi connectivity index (χ1n) is 7.11. The number of carbonyl (C=O) groups is 1. The number of hydrogen-bond acceptors (Lipinski definition) is 7. The second-order valence-corrected chi connectivity index (χ2v) is 6.61. The summed E-state index contributed by atoms with van der Waals surface area (Å²) in [6.45, 7) is 5.34. The van der Waals surface area contributed by atoms with Crippen molar-refractivity contribution in [2.24, 2.45) is 11.7 Å². The Bertz CT molecular complexity index is 507. The van der Waals surface area contributed by atoms with Gasteiger partial charge in [0.2, 0.25) is 0 Å². The smallest absolute Gasteiger partial charge is 0.265 e. The second kappa shape index (κ2) is 6.59. The van der Waals surface area contributed by atoms with Crippen molar-refractivity contribution < 1.29 is 9.90 Å². The van der Waals surface area contributed by atoms with Crippen molar-refractivity contribution in [3.05, 3.63) is 4.88 Å². The fourth-order valence-corrected chi connectivity index (χ4v) is 3.08. The Morgan fingerprint density at radius 2 is 2.33 bits per heavy atom. The molecule has 1 aromatic rings. The molecule has 7 nitrogen and oxygen atoms in total. The van der Waals surface area contributed by atoms with Crippen LogP contribution < -0.4 is 21.7 Å². The maximum absolute atomic E-state index is 12.2. The largest absolute Gasteiger partial charge is 0.396 e. The zero-order chi connectivity index (χ0) is 15.6. The first-order valence-corrected chi connectivity index (χ1v) is 7.92. The van der Waals surface area contributed by atoms with Crippen LogP contribution in [0.5, 0.6) is 0 Å². The van der Waals surface area contributed by atoms with Gasteiger partial charge in [-0.3, -0.25) is 4.79 Å². The second-order valence-electron chi connectivity index (χ2n) is 5.63. The molecule has 0 spiro atoms. The fraction of sp³-hybridized carbons (Fsp3) is 0.692. The molecular weight excluding hydrogens is 290 g/mol. The number of aliphatic hydroxyl groups is 1. The number of thiazole rings is 1. The standard InChI is InChI=1S/C13H23N5O2S/c1-7(6-19)8(2)16-12(20)10-11(15)17-13(21-10)18-4-3-9(14)5-18/h7-9,19H,3-6,14-15H2,1-2H3,(H,16,20). The van der Waals surface area contributed by atoms with Crippen molar-refractivity contribution in [2.75, 3.05) is 30.3 Å². The SMILES string of the molecule is CC(CO)C(C)NC(=O)c1sc(N2CCC(N)C2)nc1N. The van der Waals surface area contributed by atoms with Gasteiger partial charge < -0.3 is 26.8 Å². The van der Waals surface area contributed by atoms with E-state index < -0.39 is 0 Å². The summed E-state index contributed by atoms with van der Waals surface area (Å²) < 4.78 is 0. The molecule has 3 unspecified atom stereocenters. The van der Waals surface area contributed by atoms with Crippen LogP contribution in [0.3, 0.4) is 0 Å². The van der Waals surface area contributed by atoms with E-state index in [0.717, 1.165) is 24.6 Å². The molecule has 6 N–H and O–H groups in total. The third kappa shape index (κ3) is 3.63. The summed E-state index contributed by atoms with van der Waals surface area (Å²) in [6, 6.07) is 0.0190. The molecule has 0 saturated carbocycles. The number of hydrogen-bond donors (Lipinski definition) is 4. The number of nitrogens with zero attached hydrogens (tertiary/aromatic N) is 2. The molecule has 21 heavy (non-hydrogen) atoms. The summed E-state index contributed by atoms with van der Waals surface area (Å²) in [5.74, 6) is -0.0106. The molecular formula is C13H23N5O2S. The predicted octanol–water partition coefficient (Wildman–Crippen LogP) is 0.00940. The Kier molecular flexibility index (Phi) is 5.02. The average Bonchev–Trinajstić information content (AvgIpc) is 3.03. The van der Waals surface area contributed by atoms with E-state index in [4.69, 9.17) is 16.6 Å². The number of carbonyl (C=O) groups excluding carboxylic acids is 1. The van der Waals surface area contributed by atoms with Crippen LogP contribution >= 0.6 is 11.3 Å². The van der Waals surface area contributed by atoms with Crippen LogP contribution in [0.2, 0.25) is 0 Å². The Hall–Kier alpha value is -1.38. The lowest BCUT2D eigenvalue weighted by atomic mass is 10.1. The molecule has 0 aromatic carbocycles. The van der Waals surface area contributed by atoms with Crippen molar-refractivity contribution >= 4 is 28.2 Å². The van der Waals surface area contributed by atoms with Crippen LogP contribution in [-0.4, -0.2) is 47.8 Å². The van der Waals surface area contributed by atoms with E-state index in [1.165, 1.54) is 11.3 Å². The summed E-state index contributed by atoms with van der Waals surface area (Å²) >= 11 is 1.29. The van der Waals surface area contributed by atoms with Gasteiger partial charge in [-0.25, -0.2) is 4.98 Å². The first kappa shape index (κ1) is 16.0. The zero-order valence-corrected chi connectivity index (χ0v) is 13.2. The van der Waals surface area contributed by atoms with Gasteiger partial charge in [0.05, 0.1) is 0 Å². The van der Waals surface area contributed by atoms with E-state index in [0.29, 0.717) is 4.88 Å². The molecule has 8 heteroatoms. The summed E-state index contributed by atoms with van der Waals surface area (Å²) in [5.41, 5.74) is 11.7. The molecule has 0 aliphatic carbocycles. The Morgan fingerprint density at radius 1 is 1.62 bits per heavy atom. The number of aromatic nitrogens is 1. The van der Waals surface area contributed by atoms with Crippen molar-refractivity contribution in [2.45, 2.75) is 32.4 Å². The lowest BCUT2D eigenvalue weighted by molar-refractivity contribution is 0.0921. The van der Waals surface area contributed by atoms with E-state index >= 15 is 0 Å². The number of amides is 1. The molecule has 1 aromatic heterocycles. The molecule has 3 atom stereocenters. The van der Waals surface area contributed by atoms with Gasteiger partial charge in [0.1, 0.15) is 10.7 Å². The molecule has 118 valence electrons. The summed E-state index contributed by atoms with van der Waals surface area (Å²) in [6.07, 6.45) is 0.923. The lowest BCUT2D eigenvalue weighted by Crippen LogP contribution is -2.38. The van der Waals surface area contributed by atoms with E-state index in [-0.39, 0.29) is 36.3 Å². The number of anilines is 2. The van der Waals surface area contributed by atoms with Crippen molar-refractivity contribution in [1.82, 2.24) is 10.3 Å². The predicted molar refractivity (Wildman–Crippen MR) is 84.5 cm³/mol. The summed E-state index contributed by atoms with van der Waals surface area (Å²) in [5, 5.41) is 12.7. The highest BCUT2D eigenvalue weighted by molar-refractivity contribution is 7.18. The topological polar surface area (TPSA) is 118 Å². The minimum atomic E-state index is -0.243. The Balaban J connectivity index is 2.06. The van der Waals surface area contributed by atoms with E-state index in [2.05, 4.69) is 15.2 Å². The molecule has 2 rings (SSSR count). The molecule has 1 saturated heterocycles. The quantitative estimate of drug-likeness (QED) is 0.608. The number of nitrogen functional groups attached to an aromatic ring is 1. The summed E-state index contributed by atoms with van der Waals surface area (Å²) in [7, 11) is 0. The average molecular weight is 313 g/mol. The maximum Gasteiger partial charge on any atom is 0.265 e. The van der Waals surface area contributed by atoms with Gasteiger partial charge in [-0.1, -0.05) is 18.3 Å². The highest BCUT2D eigenvalue weighted by atomic mass is 32.1. The van der Waals surface area contributed by atoms with Crippen LogP contribution in [0.4, 0.5) is 10.9 Å². The van der Waals surface area contributed by atoms with Gasteiger partial charge in [0, 0.05) is 31.8 Å². The molecule has 0 bridgehead atoms. The number of nitrogens with two attached hydrogens (primary N) is 2. The number of rotatable bonds is 5. The lowest BCUT2D eigenvalue weighted by Gasteiger charge is -2.18. The molecule has 1 amide bonds. The zero-order valence-electron chi connectivity index (χ0n) is 12.4. The maximum atomic E-state index is 12.2. The molecule has 1 fully saturated rings. The number of nitrogens with one attached hydrogen (secondary N) is 1. The van der Waals surface area contributed by atoms with Gasteiger partial charge in [-0.15, -0.1) is 0 Å². The van der Waals surface area contributed by atoms with Gasteiger partial charge in [-0.2, -0.15) is 0 Å². The fourth-order valence-electron chi connectivity index (χ4n) is 2.15. The van der Waals surface area contributed by atoms with Crippen LogP contribution in [-0.2, 0) is 0 Å². The highest BCUT2D eigenvalue weighted by Crippen LogP contribution is 2.30.